The molecule has 1 fully saturated rings. The Morgan fingerprint density at radius 3 is 2.75 bits per heavy atom. The largest absolute Gasteiger partial charge is 0.298 e. The van der Waals surface area contributed by atoms with Crippen LogP contribution in [0.25, 0.3) is 0 Å². The van der Waals surface area contributed by atoms with Crippen LogP contribution in [0.2, 0.25) is 0 Å². The Morgan fingerprint density at radius 2 is 2.06 bits per heavy atom. The summed E-state index contributed by atoms with van der Waals surface area (Å²) >= 11 is 0. The van der Waals surface area contributed by atoms with Crippen molar-refractivity contribution in [3.63, 3.8) is 0 Å². The number of Topliss-reactive ketones (excluding diaryl/α,β-unsaturated/α-hetero) is 1. The monoisotopic (exact) mass is 217 g/mol. The highest BCUT2D eigenvalue weighted by atomic mass is 16.1. The molecule has 1 aromatic rings. The average Bonchev–Trinajstić information content (AvgIpc) is 2.61. The van der Waals surface area contributed by atoms with Crippen LogP contribution in [0.15, 0.2) is 30.3 Å². The van der Waals surface area contributed by atoms with Crippen LogP contribution in [0.1, 0.15) is 25.3 Å². The van der Waals surface area contributed by atoms with Gasteiger partial charge in [0.25, 0.3) is 0 Å². The van der Waals surface area contributed by atoms with Gasteiger partial charge in [-0.15, -0.1) is 0 Å². The highest BCUT2D eigenvalue weighted by Crippen LogP contribution is 2.19. The van der Waals surface area contributed by atoms with Crippen molar-refractivity contribution in [2.75, 3.05) is 13.1 Å². The Labute approximate surface area is 97.3 Å². The summed E-state index contributed by atoms with van der Waals surface area (Å²) in [6.07, 6.45) is 2.15. The highest BCUT2D eigenvalue weighted by Gasteiger charge is 2.29. The van der Waals surface area contributed by atoms with Crippen molar-refractivity contribution < 1.29 is 4.79 Å². The molecule has 0 N–H and O–H groups in total. The minimum absolute atomic E-state index is 0.286. The van der Waals surface area contributed by atoms with Crippen LogP contribution in [0.4, 0.5) is 0 Å². The van der Waals surface area contributed by atoms with Gasteiger partial charge in [0, 0.05) is 19.0 Å². The first-order valence-corrected chi connectivity index (χ1v) is 6.08. The van der Waals surface area contributed by atoms with Gasteiger partial charge in [-0.3, -0.25) is 9.69 Å². The molecule has 0 amide bonds. The normalized spacial score (nSPS) is 21.6. The van der Waals surface area contributed by atoms with Crippen LogP contribution in [0.3, 0.4) is 0 Å². The molecule has 1 saturated heterocycles. The number of carbonyl (C=O) groups is 1. The zero-order valence-corrected chi connectivity index (χ0v) is 9.86. The Balaban J connectivity index is 1.91. The number of carbonyl (C=O) groups excluding carboxylic acids is 1. The number of nitrogens with zero attached hydrogens (tertiary/aromatic N) is 1. The van der Waals surface area contributed by atoms with Crippen molar-refractivity contribution in [1.29, 1.82) is 0 Å². The summed E-state index contributed by atoms with van der Waals surface area (Å²) in [5, 5.41) is 0. The van der Waals surface area contributed by atoms with Crippen molar-refractivity contribution in [3.8, 4) is 0 Å². The maximum Gasteiger partial charge on any atom is 0.151 e. The summed E-state index contributed by atoms with van der Waals surface area (Å²) in [4.78, 5) is 14.0. The van der Waals surface area contributed by atoms with Crippen molar-refractivity contribution >= 4 is 5.78 Å². The molecule has 1 aliphatic rings. The number of likely N-dealkylation sites (tertiary alicyclic amines) is 1. The first kappa shape index (κ1) is 11.3. The summed E-state index contributed by atoms with van der Waals surface area (Å²) in [5.74, 6) is 0.714. The van der Waals surface area contributed by atoms with E-state index in [1.807, 2.05) is 6.07 Å². The minimum Gasteiger partial charge on any atom is -0.298 e. The number of benzene rings is 1. The van der Waals surface area contributed by atoms with Crippen LogP contribution in [-0.4, -0.2) is 23.8 Å². The lowest BCUT2D eigenvalue weighted by molar-refractivity contribution is -0.120. The third-order valence-electron chi connectivity index (χ3n) is 3.20. The van der Waals surface area contributed by atoms with E-state index in [4.69, 9.17) is 0 Å². The fraction of sp³-hybridized carbons (Fsp3) is 0.500. The molecule has 0 bridgehead atoms. The average molecular weight is 217 g/mol. The Kier molecular flexibility index (Phi) is 3.73. The van der Waals surface area contributed by atoms with E-state index in [9.17, 15) is 4.79 Å². The van der Waals surface area contributed by atoms with Gasteiger partial charge in [-0.1, -0.05) is 43.7 Å². The van der Waals surface area contributed by atoms with Gasteiger partial charge in [0.1, 0.15) is 0 Å². The molecule has 1 atom stereocenters. The van der Waals surface area contributed by atoms with Crippen LogP contribution in [-0.2, 0) is 11.3 Å². The second-order valence-corrected chi connectivity index (χ2v) is 4.61. The molecule has 1 aromatic carbocycles. The van der Waals surface area contributed by atoms with Crippen molar-refractivity contribution in [1.82, 2.24) is 4.90 Å². The Hall–Kier alpha value is -1.15. The van der Waals surface area contributed by atoms with Crippen LogP contribution >= 0.6 is 0 Å². The second kappa shape index (κ2) is 5.26. The van der Waals surface area contributed by atoms with Gasteiger partial charge >= 0.3 is 0 Å². The quantitative estimate of drug-likeness (QED) is 0.772. The van der Waals surface area contributed by atoms with Gasteiger partial charge in [-0.05, 0) is 12.0 Å². The van der Waals surface area contributed by atoms with Crippen molar-refractivity contribution in [3.05, 3.63) is 35.9 Å². The van der Waals surface area contributed by atoms with Crippen LogP contribution < -0.4 is 0 Å². The van der Waals surface area contributed by atoms with E-state index in [0.29, 0.717) is 12.3 Å². The predicted octanol–water partition coefficient (Wildman–Crippen LogP) is 2.49. The lowest BCUT2D eigenvalue weighted by Gasteiger charge is -2.14. The van der Waals surface area contributed by atoms with E-state index < -0.39 is 0 Å². The van der Waals surface area contributed by atoms with Gasteiger partial charge in [0.15, 0.2) is 5.78 Å². The molecule has 0 aromatic heterocycles. The molecule has 2 heteroatoms. The molecule has 0 spiro atoms. The smallest absolute Gasteiger partial charge is 0.151 e. The highest BCUT2D eigenvalue weighted by molar-refractivity contribution is 5.85. The fourth-order valence-corrected chi connectivity index (χ4v) is 2.39. The number of hydrogen-bond donors (Lipinski definition) is 0. The maximum absolute atomic E-state index is 11.7. The predicted molar refractivity (Wildman–Crippen MR) is 65.1 cm³/mol. The van der Waals surface area contributed by atoms with Gasteiger partial charge in [0.2, 0.25) is 0 Å². The molecular weight excluding hydrogens is 198 g/mol. The summed E-state index contributed by atoms with van der Waals surface area (Å²) < 4.78 is 0. The van der Waals surface area contributed by atoms with Gasteiger partial charge in [0.05, 0.1) is 6.54 Å². The molecule has 1 heterocycles. The van der Waals surface area contributed by atoms with Crippen LogP contribution in [0.5, 0.6) is 0 Å². The summed E-state index contributed by atoms with van der Waals surface area (Å²) in [5.41, 5.74) is 1.30. The molecule has 1 aliphatic heterocycles. The third-order valence-corrected chi connectivity index (χ3v) is 3.20. The zero-order valence-electron chi connectivity index (χ0n) is 9.86. The third kappa shape index (κ3) is 2.70. The fourth-order valence-electron chi connectivity index (χ4n) is 2.39. The number of rotatable bonds is 4. The molecule has 1 unspecified atom stereocenters. The molecule has 16 heavy (non-hydrogen) atoms. The van der Waals surface area contributed by atoms with Crippen molar-refractivity contribution in [2.45, 2.75) is 26.3 Å². The van der Waals surface area contributed by atoms with E-state index >= 15 is 0 Å². The summed E-state index contributed by atoms with van der Waals surface area (Å²) in [6, 6.07) is 10.4. The SMILES string of the molecule is CCCC1CN(Cc2ccccc2)CC1=O. The van der Waals surface area contributed by atoms with Crippen LogP contribution in [0, 0.1) is 5.92 Å². The molecule has 86 valence electrons. The summed E-state index contributed by atoms with van der Waals surface area (Å²) in [7, 11) is 0. The molecule has 2 nitrogen and oxygen atoms in total. The summed E-state index contributed by atoms with van der Waals surface area (Å²) in [6.45, 7) is 4.64. The Bertz CT molecular complexity index is 347. The molecule has 0 aliphatic carbocycles. The molecular formula is C14H19NO. The van der Waals surface area contributed by atoms with Gasteiger partial charge < -0.3 is 0 Å². The van der Waals surface area contributed by atoms with E-state index in [1.165, 1.54) is 5.56 Å². The zero-order chi connectivity index (χ0) is 11.4. The number of ketones is 1. The van der Waals surface area contributed by atoms with E-state index in [1.54, 1.807) is 0 Å². The first-order valence-electron chi connectivity index (χ1n) is 6.08. The topological polar surface area (TPSA) is 20.3 Å². The number of hydrogen-bond acceptors (Lipinski definition) is 2. The van der Waals surface area contributed by atoms with Gasteiger partial charge in [-0.25, -0.2) is 0 Å². The molecule has 2 rings (SSSR count). The molecule has 0 saturated carbocycles. The minimum atomic E-state index is 0.286. The van der Waals surface area contributed by atoms with E-state index in [2.05, 4.69) is 36.1 Å². The first-order chi connectivity index (χ1) is 7.79. The molecule has 0 radical (unpaired) electrons. The Morgan fingerprint density at radius 1 is 1.31 bits per heavy atom. The maximum atomic E-state index is 11.7. The lowest BCUT2D eigenvalue weighted by atomic mass is 10.0. The lowest BCUT2D eigenvalue weighted by Crippen LogP contribution is -2.20. The van der Waals surface area contributed by atoms with E-state index in [0.717, 1.165) is 25.9 Å². The van der Waals surface area contributed by atoms with E-state index in [-0.39, 0.29) is 5.92 Å². The second-order valence-electron chi connectivity index (χ2n) is 4.61. The van der Waals surface area contributed by atoms with Gasteiger partial charge in [-0.2, -0.15) is 0 Å². The van der Waals surface area contributed by atoms with Crippen molar-refractivity contribution in [2.24, 2.45) is 5.92 Å². The standard InChI is InChI=1S/C14H19NO/c1-2-6-13-10-15(11-14(13)16)9-12-7-4-3-5-8-12/h3-5,7-8,13H,2,6,9-11H2,1H3.